The number of carbonyl (C=O) groups excluding carboxylic acids is 1. The summed E-state index contributed by atoms with van der Waals surface area (Å²) in [5.74, 6) is 4.47. The van der Waals surface area contributed by atoms with Crippen LogP contribution in [0, 0.1) is 11.8 Å². The third kappa shape index (κ3) is 4.77. The highest BCUT2D eigenvalue weighted by molar-refractivity contribution is 5.89. The Morgan fingerprint density at radius 2 is 2.13 bits per heavy atom. The van der Waals surface area contributed by atoms with Gasteiger partial charge >= 0.3 is 5.97 Å². The van der Waals surface area contributed by atoms with Crippen molar-refractivity contribution in [1.29, 1.82) is 0 Å². The molecule has 0 aliphatic carbocycles. The molecular weight excluding hydrogens is 192 g/mol. The Hall–Kier alpha value is -1.89. The van der Waals surface area contributed by atoms with Gasteiger partial charge in [-0.15, -0.1) is 0 Å². The van der Waals surface area contributed by atoms with Gasteiger partial charge in [-0.3, -0.25) is 0 Å². The van der Waals surface area contributed by atoms with Crippen LogP contribution in [0.25, 0.3) is 0 Å². The van der Waals surface area contributed by atoms with Crippen LogP contribution in [0.3, 0.4) is 0 Å². The van der Waals surface area contributed by atoms with E-state index in [9.17, 15) is 4.79 Å². The van der Waals surface area contributed by atoms with E-state index in [0.29, 0.717) is 5.56 Å². The lowest BCUT2D eigenvalue weighted by molar-refractivity contribution is -0.147. The van der Waals surface area contributed by atoms with Crippen LogP contribution in [0.5, 0.6) is 0 Å². The fourth-order valence-corrected chi connectivity index (χ4v) is 0.791. The summed E-state index contributed by atoms with van der Waals surface area (Å²) in [4.78, 5) is 11.2. The Labute approximate surface area is 88.7 Å². The molecule has 0 bridgehead atoms. The van der Waals surface area contributed by atoms with Gasteiger partial charge < -0.3 is 4.74 Å². The molecule has 4 nitrogen and oxygen atoms in total. The van der Waals surface area contributed by atoms with E-state index in [2.05, 4.69) is 22.0 Å². The lowest BCUT2D eigenvalue weighted by Crippen LogP contribution is -2.22. The van der Waals surface area contributed by atoms with Crippen molar-refractivity contribution >= 4 is 5.97 Å². The van der Waals surface area contributed by atoms with Gasteiger partial charge in [0.15, 0.2) is 0 Å². The molecule has 0 unspecified atom stereocenters. The van der Waals surface area contributed by atoms with Crippen molar-refractivity contribution in [1.82, 2.24) is 10.2 Å². The molecule has 0 aromatic carbocycles. The van der Waals surface area contributed by atoms with E-state index in [0.717, 1.165) is 0 Å². The van der Waals surface area contributed by atoms with Crippen molar-refractivity contribution in [2.75, 3.05) is 0 Å². The minimum atomic E-state index is -0.542. The summed E-state index contributed by atoms with van der Waals surface area (Å²) in [6, 6.07) is 1.67. The summed E-state index contributed by atoms with van der Waals surface area (Å²) >= 11 is 0. The average molecular weight is 204 g/mol. The van der Waals surface area contributed by atoms with Gasteiger partial charge in [0, 0.05) is 11.5 Å². The van der Waals surface area contributed by atoms with Gasteiger partial charge in [0.25, 0.3) is 0 Å². The molecule has 15 heavy (non-hydrogen) atoms. The predicted molar refractivity (Wildman–Crippen MR) is 54.8 cm³/mol. The molecule has 4 heteroatoms. The minimum Gasteiger partial charge on any atom is -0.450 e. The van der Waals surface area contributed by atoms with Gasteiger partial charge in [0.1, 0.15) is 5.60 Å². The van der Waals surface area contributed by atoms with Crippen molar-refractivity contribution in [3.8, 4) is 11.8 Å². The van der Waals surface area contributed by atoms with Gasteiger partial charge in [-0.25, -0.2) is 4.79 Å². The zero-order chi connectivity index (χ0) is 11.3. The van der Waals surface area contributed by atoms with Gasteiger partial charge in [0.2, 0.25) is 0 Å². The molecule has 0 aliphatic rings. The number of hydrogen-bond acceptors (Lipinski definition) is 4. The summed E-state index contributed by atoms with van der Waals surface area (Å²) in [6.45, 7) is 5.38. The lowest BCUT2D eigenvalue weighted by Gasteiger charge is -2.16. The van der Waals surface area contributed by atoms with Crippen molar-refractivity contribution < 1.29 is 9.53 Å². The van der Waals surface area contributed by atoms with Crippen molar-refractivity contribution in [2.24, 2.45) is 0 Å². The number of esters is 1. The maximum absolute atomic E-state index is 11.2. The van der Waals surface area contributed by atoms with E-state index in [-0.39, 0.29) is 0 Å². The molecule has 0 saturated heterocycles. The van der Waals surface area contributed by atoms with Crippen LogP contribution < -0.4 is 0 Å². The third-order valence-corrected chi connectivity index (χ3v) is 1.29. The minimum absolute atomic E-state index is 0.512. The SMILES string of the molecule is CC(C)(C)OC(=O)C#Cc1ccnnc1. The molecule has 0 spiro atoms. The highest BCUT2D eigenvalue weighted by atomic mass is 16.6. The van der Waals surface area contributed by atoms with Gasteiger partial charge in [-0.2, -0.15) is 10.2 Å². The van der Waals surface area contributed by atoms with Gasteiger partial charge in [-0.05, 0) is 26.8 Å². The van der Waals surface area contributed by atoms with Crippen LogP contribution in [0.1, 0.15) is 26.3 Å². The van der Waals surface area contributed by atoms with Gasteiger partial charge in [0.05, 0.1) is 12.4 Å². The van der Waals surface area contributed by atoms with Gasteiger partial charge in [-0.1, -0.05) is 5.92 Å². The first-order chi connectivity index (χ1) is 6.97. The summed E-state index contributed by atoms with van der Waals surface area (Å²) < 4.78 is 5.01. The predicted octanol–water partition coefficient (Wildman–Crippen LogP) is 1.17. The number of ether oxygens (including phenoxy) is 1. The molecule has 0 aliphatic heterocycles. The van der Waals surface area contributed by atoms with Crippen LogP contribution in [0.4, 0.5) is 0 Å². The van der Waals surface area contributed by atoms with E-state index < -0.39 is 11.6 Å². The molecular formula is C11H12N2O2. The summed E-state index contributed by atoms with van der Waals surface area (Å²) in [5.41, 5.74) is 0.123. The first-order valence-corrected chi connectivity index (χ1v) is 4.49. The smallest absolute Gasteiger partial charge is 0.385 e. The quantitative estimate of drug-likeness (QED) is 0.470. The first-order valence-electron chi connectivity index (χ1n) is 4.49. The summed E-state index contributed by atoms with van der Waals surface area (Å²) in [5, 5.41) is 7.23. The Kier molecular flexibility index (Phi) is 3.40. The molecule has 0 amide bonds. The maximum atomic E-state index is 11.2. The fourth-order valence-electron chi connectivity index (χ4n) is 0.791. The molecule has 1 aromatic rings. The second-order valence-electron chi connectivity index (χ2n) is 3.88. The summed E-state index contributed by atoms with van der Waals surface area (Å²) in [7, 11) is 0. The standard InChI is InChI=1S/C11H12N2O2/c1-11(2,3)15-10(14)5-4-9-6-7-12-13-8-9/h6-8H,1-3H3. The average Bonchev–Trinajstić information content (AvgIpc) is 2.14. The van der Waals surface area contributed by atoms with E-state index in [1.54, 1.807) is 26.8 Å². The van der Waals surface area contributed by atoms with Crippen molar-refractivity contribution in [2.45, 2.75) is 26.4 Å². The zero-order valence-corrected chi connectivity index (χ0v) is 8.94. The third-order valence-electron chi connectivity index (χ3n) is 1.29. The topological polar surface area (TPSA) is 52.1 Å². The molecule has 0 saturated carbocycles. The Bertz CT molecular complexity index is 396. The second-order valence-corrected chi connectivity index (χ2v) is 3.88. The molecule has 0 fully saturated rings. The van der Waals surface area contributed by atoms with Crippen LogP contribution >= 0.6 is 0 Å². The lowest BCUT2D eigenvalue weighted by atomic mass is 10.2. The maximum Gasteiger partial charge on any atom is 0.385 e. The normalized spacial score (nSPS) is 10.1. The van der Waals surface area contributed by atoms with Crippen LogP contribution in [0.2, 0.25) is 0 Å². The molecule has 0 radical (unpaired) electrons. The van der Waals surface area contributed by atoms with Crippen molar-refractivity contribution in [3.63, 3.8) is 0 Å². The highest BCUT2D eigenvalue weighted by Crippen LogP contribution is 2.06. The van der Waals surface area contributed by atoms with E-state index in [1.165, 1.54) is 12.4 Å². The number of nitrogens with zero attached hydrogens (tertiary/aromatic N) is 2. The Morgan fingerprint density at radius 1 is 1.40 bits per heavy atom. The number of rotatable bonds is 0. The molecule has 1 rings (SSSR count). The second kappa shape index (κ2) is 4.56. The van der Waals surface area contributed by atoms with Crippen molar-refractivity contribution in [3.05, 3.63) is 24.0 Å². The zero-order valence-electron chi connectivity index (χ0n) is 8.94. The van der Waals surface area contributed by atoms with E-state index in [1.807, 2.05) is 0 Å². The monoisotopic (exact) mass is 204 g/mol. The molecule has 1 aromatic heterocycles. The first kappa shape index (κ1) is 11.2. The molecule has 78 valence electrons. The number of carbonyl (C=O) groups is 1. The van der Waals surface area contributed by atoms with E-state index in [4.69, 9.17) is 4.74 Å². The summed E-state index contributed by atoms with van der Waals surface area (Å²) in [6.07, 6.45) is 3.00. The van der Waals surface area contributed by atoms with Crippen LogP contribution in [0.15, 0.2) is 18.5 Å². The van der Waals surface area contributed by atoms with E-state index >= 15 is 0 Å². The van der Waals surface area contributed by atoms with Crippen LogP contribution in [-0.4, -0.2) is 21.8 Å². The largest absolute Gasteiger partial charge is 0.450 e. The molecule has 1 heterocycles. The molecule has 0 N–H and O–H groups in total. The highest BCUT2D eigenvalue weighted by Gasteiger charge is 2.13. The Balaban J connectivity index is 2.64. The number of hydrogen-bond donors (Lipinski definition) is 0. The van der Waals surface area contributed by atoms with Crippen LogP contribution in [-0.2, 0) is 9.53 Å². The number of aromatic nitrogens is 2. The Morgan fingerprint density at radius 3 is 2.67 bits per heavy atom. The molecule has 0 atom stereocenters. The fraction of sp³-hybridized carbons (Fsp3) is 0.364.